The van der Waals surface area contributed by atoms with Crippen LogP contribution in [0, 0.1) is 13.8 Å². The molecular formula is C15H27N3O. The molecule has 1 aromatic heterocycles. The summed E-state index contributed by atoms with van der Waals surface area (Å²) in [6.07, 6.45) is 3.97. The molecule has 1 aromatic rings. The maximum atomic E-state index is 5.27. The molecule has 4 nitrogen and oxygen atoms in total. The molecule has 19 heavy (non-hydrogen) atoms. The van der Waals surface area contributed by atoms with Crippen LogP contribution in [0.3, 0.4) is 0 Å². The second-order valence-electron chi connectivity index (χ2n) is 5.97. The summed E-state index contributed by atoms with van der Waals surface area (Å²) in [7, 11) is 0. The third-order valence-electron chi connectivity index (χ3n) is 4.14. The van der Waals surface area contributed by atoms with E-state index < -0.39 is 0 Å². The van der Waals surface area contributed by atoms with Crippen molar-refractivity contribution in [2.24, 2.45) is 0 Å². The summed E-state index contributed by atoms with van der Waals surface area (Å²) < 4.78 is 5.27. The van der Waals surface area contributed by atoms with E-state index in [2.05, 4.69) is 29.2 Å². The molecule has 0 aliphatic carbocycles. The van der Waals surface area contributed by atoms with E-state index in [4.69, 9.17) is 4.52 Å². The fourth-order valence-corrected chi connectivity index (χ4v) is 2.75. The number of hydrogen-bond acceptors (Lipinski definition) is 4. The number of piperidine rings is 1. The molecule has 0 radical (unpaired) electrons. The van der Waals surface area contributed by atoms with Crippen molar-refractivity contribution in [2.45, 2.75) is 65.6 Å². The fourth-order valence-electron chi connectivity index (χ4n) is 2.75. The Labute approximate surface area is 116 Å². The van der Waals surface area contributed by atoms with Gasteiger partial charge < -0.3 is 9.84 Å². The second-order valence-corrected chi connectivity index (χ2v) is 5.97. The Morgan fingerprint density at radius 3 is 2.68 bits per heavy atom. The summed E-state index contributed by atoms with van der Waals surface area (Å²) in [5, 5.41) is 7.69. The van der Waals surface area contributed by atoms with E-state index in [1.54, 1.807) is 0 Å². The first-order valence-electron chi connectivity index (χ1n) is 7.47. The van der Waals surface area contributed by atoms with Gasteiger partial charge in [0, 0.05) is 30.7 Å². The van der Waals surface area contributed by atoms with Gasteiger partial charge in [0.15, 0.2) is 0 Å². The number of rotatable bonds is 5. The Morgan fingerprint density at radius 1 is 1.37 bits per heavy atom. The Kier molecular flexibility index (Phi) is 4.99. The Hall–Kier alpha value is -0.870. The normalized spacial score (nSPS) is 20.4. The average molecular weight is 265 g/mol. The SMILES string of the molecule is Cc1noc(C)c1CN(CC1CCCCN1)C(C)C. The lowest BCUT2D eigenvalue weighted by atomic mass is 10.0. The maximum absolute atomic E-state index is 5.27. The first kappa shape index (κ1) is 14.5. The van der Waals surface area contributed by atoms with Crippen molar-refractivity contribution in [3.63, 3.8) is 0 Å². The number of aryl methyl sites for hydroxylation is 2. The highest BCUT2D eigenvalue weighted by atomic mass is 16.5. The minimum Gasteiger partial charge on any atom is -0.361 e. The van der Waals surface area contributed by atoms with Crippen molar-refractivity contribution in [1.82, 2.24) is 15.4 Å². The molecule has 2 heterocycles. The average Bonchev–Trinajstić information content (AvgIpc) is 2.70. The third-order valence-corrected chi connectivity index (χ3v) is 4.14. The van der Waals surface area contributed by atoms with Crippen molar-refractivity contribution in [2.75, 3.05) is 13.1 Å². The Morgan fingerprint density at radius 2 is 2.16 bits per heavy atom. The lowest BCUT2D eigenvalue weighted by molar-refractivity contribution is 0.176. The highest BCUT2D eigenvalue weighted by molar-refractivity contribution is 5.20. The molecule has 0 saturated carbocycles. The molecule has 0 bridgehead atoms. The zero-order valence-electron chi connectivity index (χ0n) is 12.7. The summed E-state index contributed by atoms with van der Waals surface area (Å²) in [6, 6.07) is 1.18. The monoisotopic (exact) mass is 265 g/mol. The van der Waals surface area contributed by atoms with Crippen LogP contribution < -0.4 is 5.32 Å². The number of nitrogens with zero attached hydrogens (tertiary/aromatic N) is 2. The minimum absolute atomic E-state index is 0.539. The van der Waals surface area contributed by atoms with Crippen LogP contribution in [0.5, 0.6) is 0 Å². The van der Waals surface area contributed by atoms with Crippen molar-refractivity contribution >= 4 is 0 Å². The molecule has 1 unspecified atom stereocenters. The van der Waals surface area contributed by atoms with Crippen LogP contribution in [0.4, 0.5) is 0 Å². The molecule has 1 saturated heterocycles. The number of hydrogen-bond donors (Lipinski definition) is 1. The van der Waals surface area contributed by atoms with Crippen molar-refractivity contribution in [1.29, 1.82) is 0 Å². The Bertz CT molecular complexity index is 375. The van der Waals surface area contributed by atoms with Crippen molar-refractivity contribution < 1.29 is 4.52 Å². The lowest BCUT2D eigenvalue weighted by Crippen LogP contribution is -2.45. The van der Waals surface area contributed by atoms with Gasteiger partial charge in [0.25, 0.3) is 0 Å². The summed E-state index contributed by atoms with van der Waals surface area (Å²) in [4.78, 5) is 2.52. The van der Waals surface area contributed by atoms with Crippen molar-refractivity contribution in [3.8, 4) is 0 Å². The van der Waals surface area contributed by atoms with E-state index in [1.165, 1.54) is 31.4 Å². The molecule has 0 spiro atoms. The predicted molar refractivity (Wildman–Crippen MR) is 77.2 cm³/mol. The molecule has 1 aliphatic heterocycles. The largest absolute Gasteiger partial charge is 0.361 e. The topological polar surface area (TPSA) is 41.3 Å². The molecule has 1 atom stereocenters. The Balaban J connectivity index is 1.99. The summed E-state index contributed by atoms with van der Waals surface area (Å²) in [5.74, 6) is 0.958. The third kappa shape index (κ3) is 3.80. The van der Waals surface area contributed by atoms with Gasteiger partial charge in [0.2, 0.25) is 0 Å². The summed E-state index contributed by atoms with van der Waals surface area (Å²) >= 11 is 0. The van der Waals surface area contributed by atoms with Gasteiger partial charge in [-0.25, -0.2) is 0 Å². The van der Waals surface area contributed by atoms with E-state index in [-0.39, 0.29) is 0 Å². The minimum atomic E-state index is 0.539. The smallest absolute Gasteiger partial charge is 0.138 e. The zero-order chi connectivity index (χ0) is 13.8. The van der Waals surface area contributed by atoms with E-state index >= 15 is 0 Å². The van der Waals surface area contributed by atoms with Crippen LogP contribution in [0.15, 0.2) is 4.52 Å². The van der Waals surface area contributed by atoms with Gasteiger partial charge in [0.1, 0.15) is 5.76 Å². The molecular weight excluding hydrogens is 238 g/mol. The van der Waals surface area contributed by atoms with Gasteiger partial charge >= 0.3 is 0 Å². The molecule has 0 amide bonds. The second kappa shape index (κ2) is 6.53. The summed E-state index contributed by atoms with van der Waals surface area (Å²) in [5.41, 5.74) is 2.28. The van der Waals surface area contributed by atoms with Gasteiger partial charge in [-0.3, -0.25) is 4.90 Å². The first-order chi connectivity index (χ1) is 9.08. The van der Waals surface area contributed by atoms with Gasteiger partial charge in [0.05, 0.1) is 5.69 Å². The maximum Gasteiger partial charge on any atom is 0.138 e. The van der Waals surface area contributed by atoms with Crippen LogP contribution in [0.1, 0.15) is 50.1 Å². The van der Waals surface area contributed by atoms with Crippen molar-refractivity contribution in [3.05, 3.63) is 17.0 Å². The quantitative estimate of drug-likeness (QED) is 0.888. The van der Waals surface area contributed by atoms with Crippen LogP contribution in [-0.4, -0.2) is 35.2 Å². The standard InChI is InChI=1S/C15H27N3O/c1-11(2)18(9-14-7-5-6-8-16-14)10-15-12(3)17-19-13(15)4/h11,14,16H,5-10H2,1-4H3. The molecule has 0 aromatic carbocycles. The predicted octanol–water partition coefficient (Wildman–Crippen LogP) is 2.64. The molecule has 1 N–H and O–H groups in total. The number of nitrogens with one attached hydrogen (secondary N) is 1. The van der Waals surface area contributed by atoms with E-state index in [0.29, 0.717) is 12.1 Å². The van der Waals surface area contributed by atoms with Gasteiger partial charge in [-0.15, -0.1) is 0 Å². The van der Waals surface area contributed by atoms with Gasteiger partial charge in [-0.2, -0.15) is 0 Å². The highest BCUT2D eigenvalue weighted by Crippen LogP contribution is 2.18. The number of aromatic nitrogens is 1. The van der Waals surface area contributed by atoms with E-state index in [9.17, 15) is 0 Å². The zero-order valence-corrected chi connectivity index (χ0v) is 12.7. The fraction of sp³-hybridized carbons (Fsp3) is 0.800. The molecule has 1 aliphatic rings. The molecule has 108 valence electrons. The molecule has 2 rings (SSSR count). The van der Waals surface area contributed by atoms with Gasteiger partial charge in [-0.1, -0.05) is 11.6 Å². The van der Waals surface area contributed by atoms with E-state index in [0.717, 1.165) is 24.5 Å². The summed E-state index contributed by atoms with van der Waals surface area (Å²) in [6.45, 7) is 11.8. The van der Waals surface area contributed by atoms with Crippen LogP contribution in [0.2, 0.25) is 0 Å². The first-order valence-corrected chi connectivity index (χ1v) is 7.47. The van der Waals surface area contributed by atoms with E-state index in [1.807, 2.05) is 13.8 Å². The molecule has 4 heteroatoms. The van der Waals surface area contributed by atoms with Crippen LogP contribution in [-0.2, 0) is 6.54 Å². The van der Waals surface area contributed by atoms with Gasteiger partial charge in [-0.05, 0) is 47.1 Å². The molecule has 1 fully saturated rings. The lowest BCUT2D eigenvalue weighted by Gasteiger charge is -2.33. The van der Waals surface area contributed by atoms with Crippen LogP contribution >= 0.6 is 0 Å². The highest BCUT2D eigenvalue weighted by Gasteiger charge is 2.21. The van der Waals surface area contributed by atoms with Crippen LogP contribution in [0.25, 0.3) is 0 Å².